The van der Waals surface area contributed by atoms with E-state index in [1.54, 1.807) is 18.0 Å². The van der Waals surface area contributed by atoms with Gasteiger partial charge in [-0.3, -0.25) is 4.68 Å². The molecule has 2 rings (SSSR count). The molecule has 78 valence electrons. The Morgan fingerprint density at radius 1 is 1.40 bits per heavy atom. The van der Waals surface area contributed by atoms with Crippen molar-refractivity contribution >= 4 is 17.4 Å². The van der Waals surface area contributed by atoms with E-state index in [2.05, 4.69) is 10.1 Å². The molecule has 0 amide bonds. The largest absolute Gasteiger partial charge is 0.397 e. The highest BCUT2D eigenvalue weighted by Crippen LogP contribution is 2.26. The molecular weight excluding hydrogens is 208 g/mol. The number of anilines is 1. The molecular formula is C10H12N4S. The molecule has 0 spiro atoms. The van der Waals surface area contributed by atoms with Crippen LogP contribution in [0.1, 0.15) is 5.69 Å². The van der Waals surface area contributed by atoms with E-state index >= 15 is 0 Å². The van der Waals surface area contributed by atoms with Crippen LogP contribution in [-0.4, -0.2) is 14.8 Å². The van der Waals surface area contributed by atoms with Crippen molar-refractivity contribution in [1.82, 2.24) is 14.8 Å². The van der Waals surface area contributed by atoms with E-state index in [-0.39, 0.29) is 0 Å². The van der Waals surface area contributed by atoms with Crippen molar-refractivity contribution in [2.24, 2.45) is 7.05 Å². The molecule has 0 saturated carbocycles. The molecule has 0 fully saturated rings. The van der Waals surface area contributed by atoms with Gasteiger partial charge in [0, 0.05) is 7.05 Å². The maximum Gasteiger partial charge on any atom is 0.102 e. The second kappa shape index (κ2) is 3.94. The monoisotopic (exact) mass is 220 g/mol. The fourth-order valence-corrected chi connectivity index (χ4v) is 2.10. The number of aryl methyl sites for hydroxylation is 2. The third kappa shape index (κ3) is 2.30. The third-order valence-electron chi connectivity index (χ3n) is 1.93. The van der Waals surface area contributed by atoms with Crippen LogP contribution >= 0.6 is 11.8 Å². The van der Waals surface area contributed by atoms with E-state index < -0.39 is 0 Å². The van der Waals surface area contributed by atoms with E-state index in [1.165, 1.54) is 0 Å². The highest BCUT2D eigenvalue weighted by Gasteiger charge is 2.04. The van der Waals surface area contributed by atoms with Crippen molar-refractivity contribution in [3.05, 3.63) is 30.1 Å². The lowest BCUT2D eigenvalue weighted by Crippen LogP contribution is -1.93. The van der Waals surface area contributed by atoms with E-state index in [4.69, 9.17) is 5.73 Å². The van der Waals surface area contributed by atoms with Crippen molar-refractivity contribution in [2.45, 2.75) is 17.0 Å². The summed E-state index contributed by atoms with van der Waals surface area (Å²) in [5, 5.41) is 6.27. The molecule has 0 aliphatic carbocycles. The van der Waals surface area contributed by atoms with Gasteiger partial charge in [-0.25, -0.2) is 4.98 Å². The second-order valence-electron chi connectivity index (χ2n) is 3.28. The summed E-state index contributed by atoms with van der Waals surface area (Å²) in [7, 11) is 1.92. The van der Waals surface area contributed by atoms with Gasteiger partial charge in [-0.05, 0) is 25.1 Å². The SMILES string of the molecule is Cc1cc(Sc2ccc(N)cn2)n(C)n1. The molecule has 0 bridgehead atoms. The maximum atomic E-state index is 5.56. The smallest absolute Gasteiger partial charge is 0.102 e. The van der Waals surface area contributed by atoms with Crippen LogP contribution in [0.2, 0.25) is 0 Å². The van der Waals surface area contributed by atoms with Crippen LogP contribution in [-0.2, 0) is 7.05 Å². The number of rotatable bonds is 2. The highest BCUT2D eigenvalue weighted by molar-refractivity contribution is 7.99. The van der Waals surface area contributed by atoms with Crippen molar-refractivity contribution in [2.75, 3.05) is 5.73 Å². The quantitative estimate of drug-likeness (QED) is 0.839. The second-order valence-corrected chi connectivity index (χ2v) is 4.32. The topological polar surface area (TPSA) is 56.7 Å². The van der Waals surface area contributed by atoms with Gasteiger partial charge in [0.1, 0.15) is 10.1 Å². The number of nitrogens with two attached hydrogens (primary N) is 1. The first kappa shape index (κ1) is 10.0. The lowest BCUT2D eigenvalue weighted by molar-refractivity contribution is 0.692. The van der Waals surface area contributed by atoms with Crippen LogP contribution in [0.3, 0.4) is 0 Å². The lowest BCUT2D eigenvalue weighted by Gasteiger charge is -2.00. The summed E-state index contributed by atoms with van der Waals surface area (Å²) in [5.41, 5.74) is 7.26. The summed E-state index contributed by atoms with van der Waals surface area (Å²) < 4.78 is 1.85. The average molecular weight is 220 g/mol. The van der Waals surface area contributed by atoms with Crippen molar-refractivity contribution < 1.29 is 0 Å². The van der Waals surface area contributed by atoms with Gasteiger partial charge in [0.2, 0.25) is 0 Å². The molecule has 0 saturated heterocycles. The molecule has 5 heteroatoms. The molecule has 0 atom stereocenters. The van der Waals surface area contributed by atoms with Gasteiger partial charge in [0.25, 0.3) is 0 Å². The molecule has 0 aliphatic rings. The number of nitrogens with zero attached hydrogens (tertiary/aromatic N) is 3. The van der Waals surface area contributed by atoms with Gasteiger partial charge in [0.05, 0.1) is 17.6 Å². The Morgan fingerprint density at radius 3 is 2.73 bits per heavy atom. The summed E-state index contributed by atoms with van der Waals surface area (Å²) in [5.74, 6) is 0. The van der Waals surface area contributed by atoms with Crippen LogP contribution in [0, 0.1) is 6.92 Å². The van der Waals surface area contributed by atoms with Gasteiger partial charge >= 0.3 is 0 Å². The van der Waals surface area contributed by atoms with Crippen molar-refractivity contribution in [3.63, 3.8) is 0 Å². The highest BCUT2D eigenvalue weighted by atomic mass is 32.2. The van der Waals surface area contributed by atoms with Gasteiger partial charge in [0.15, 0.2) is 0 Å². The lowest BCUT2D eigenvalue weighted by atomic mass is 10.4. The van der Waals surface area contributed by atoms with E-state index in [0.717, 1.165) is 15.7 Å². The summed E-state index contributed by atoms with van der Waals surface area (Å²) in [6.07, 6.45) is 1.66. The van der Waals surface area contributed by atoms with E-state index in [9.17, 15) is 0 Å². The van der Waals surface area contributed by atoms with Gasteiger partial charge in [-0.15, -0.1) is 0 Å². The Morgan fingerprint density at radius 2 is 2.20 bits per heavy atom. The minimum atomic E-state index is 0.681. The summed E-state index contributed by atoms with van der Waals surface area (Å²) in [4.78, 5) is 4.22. The molecule has 4 nitrogen and oxygen atoms in total. The first-order chi connectivity index (χ1) is 7.15. The first-order valence-electron chi connectivity index (χ1n) is 4.55. The molecule has 2 N–H and O–H groups in total. The predicted molar refractivity (Wildman–Crippen MR) is 60.7 cm³/mol. The Bertz CT molecular complexity index is 461. The number of hydrogen-bond acceptors (Lipinski definition) is 4. The Hall–Kier alpha value is -1.49. The zero-order chi connectivity index (χ0) is 10.8. The predicted octanol–water partition coefficient (Wildman–Crippen LogP) is 1.86. The third-order valence-corrected chi connectivity index (χ3v) is 2.97. The van der Waals surface area contributed by atoms with Crippen LogP contribution in [0.25, 0.3) is 0 Å². The van der Waals surface area contributed by atoms with Gasteiger partial charge < -0.3 is 5.73 Å². The normalized spacial score (nSPS) is 10.5. The maximum absolute atomic E-state index is 5.56. The standard InChI is InChI=1S/C10H12N4S/c1-7-5-10(14(2)13-7)15-9-4-3-8(11)6-12-9/h3-6H,11H2,1-2H3. The van der Waals surface area contributed by atoms with Crippen LogP contribution in [0.15, 0.2) is 34.4 Å². The molecule has 0 radical (unpaired) electrons. The van der Waals surface area contributed by atoms with E-state index in [0.29, 0.717) is 5.69 Å². The molecule has 0 aromatic carbocycles. The van der Waals surface area contributed by atoms with Gasteiger partial charge in [-0.1, -0.05) is 11.8 Å². The summed E-state index contributed by atoms with van der Waals surface area (Å²) in [6.45, 7) is 1.97. The first-order valence-corrected chi connectivity index (χ1v) is 5.37. The fraction of sp³-hybridized carbons (Fsp3) is 0.200. The minimum absolute atomic E-state index is 0.681. The molecule has 2 heterocycles. The summed E-state index contributed by atoms with van der Waals surface area (Å²) >= 11 is 1.58. The van der Waals surface area contributed by atoms with Crippen LogP contribution < -0.4 is 5.73 Å². The Labute approximate surface area is 92.5 Å². The molecule has 2 aromatic heterocycles. The fourth-order valence-electron chi connectivity index (χ4n) is 1.24. The van der Waals surface area contributed by atoms with Crippen molar-refractivity contribution in [3.8, 4) is 0 Å². The Balaban J connectivity index is 2.21. The zero-order valence-electron chi connectivity index (χ0n) is 8.64. The Kier molecular flexibility index (Phi) is 2.64. The molecule has 2 aromatic rings. The number of hydrogen-bond donors (Lipinski definition) is 1. The minimum Gasteiger partial charge on any atom is -0.397 e. The number of nitrogen functional groups attached to an aromatic ring is 1. The number of pyridine rings is 1. The van der Waals surface area contributed by atoms with Crippen molar-refractivity contribution in [1.29, 1.82) is 0 Å². The zero-order valence-corrected chi connectivity index (χ0v) is 9.45. The molecule has 0 aliphatic heterocycles. The van der Waals surface area contributed by atoms with Crippen LogP contribution in [0.5, 0.6) is 0 Å². The van der Waals surface area contributed by atoms with E-state index in [1.807, 2.05) is 36.9 Å². The van der Waals surface area contributed by atoms with Crippen LogP contribution in [0.4, 0.5) is 5.69 Å². The van der Waals surface area contributed by atoms with Gasteiger partial charge in [-0.2, -0.15) is 5.10 Å². The summed E-state index contributed by atoms with van der Waals surface area (Å²) in [6, 6.07) is 5.78. The molecule has 0 unspecified atom stereocenters. The average Bonchev–Trinajstić information content (AvgIpc) is 2.49. The number of aromatic nitrogens is 3. The molecule has 15 heavy (non-hydrogen) atoms.